The molecule has 0 saturated heterocycles. The summed E-state index contributed by atoms with van der Waals surface area (Å²) in [5.74, 6) is -71.7. The molecule has 24 heteroatoms. The van der Waals surface area contributed by atoms with Crippen molar-refractivity contribution in [1.29, 1.82) is 0 Å². The fraction of sp³-hybridized carbons (Fsp3) is 0.0233. The first-order valence-corrected chi connectivity index (χ1v) is 18.0. The molecular formula is C43H15BF21NO. The Balaban J connectivity index is 0.000000279. The minimum atomic E-state index is -7.22. The molecule has 0 atom stereocenters. The Labute approximate surface area is 359 Å². The fourth-order valence-corrected chi connectivity index (χ4v) is 7.27. The summed E-state index contributed by atoms with van der Waals surface area (Å²) in [4.78, 5) is 12.4. The smallest absolute Gasteiger partial charge is 0.227 e. The maximum absolute atomic E-state index is 15.4. The van der Waals surface area contributed by atoms with Gasteiger partial charge >= 0.3 is 0 Å². The lowest BCUT2D eigenvalue weighted by atomic mass is 9.12. The molecule has 7 rings (SSSR count). The molecule has 0 spiro atoms. The third kappa shape index (κ3) is 7.90. The van der Waals surface area contributed by atoms with Gasteiger partial charge in [0, 0.05) is 17.7 Å². The summed E-state index contributed by atoms with van der Waals surface area (Å²) < 4.78 is 310. The molecule has 0 saturated carbocycles. The maximum Gasteiger partial charge on any atom is 0.227 e. The normalized spacial score (nSPS) is 11.5. The Kier molecular flexibility index (Phi) is 13.6. The van der Waals surface area contributed by atoms with Crippen LogP contribution in [0, 0.1) is 122 Å². The van der Waals surface area contributed by atoms with Gasteiger partial charge in [-0.15, -0.1) is 21.9 Å². The number of carbonyl (C=O) groups is 1. The predicted octanol–water partition coefficient (Wildman–Crippen LogP) is 9.51. The van der Waals surface area contributed by atoms with Gasteiger partial charge < -0.3 is 0 Å². The summed E-state index contributed by atoms with van der Waals surface area (Å²) in [6, 6.07) is 21.2. The molecule has 7 aromatic rings. The number of hydrogen-bond donors (Lipinski definition) is 0. The van der Waals surface area contributed by atoms with Crippen molar-refractivity contribution >= 4 is 33.8 Å². The molecule has 1 heterocycles. The van der Waals surface area contributed by atoms with E-state index in [1.807, 2.05) is 36.4 Å². The second-order valence-electron chi connectivity index (χ2n) is 13.8. The third-order valence-corrected chi connectivity index (χ3v) is 10.2. The Morgan fingerprint density at radius 1 is 0.343 bits per heavy atom. The minimum absolute atomic E-state index is 0.00520. The summed E-state index contributed by atoms with van der Waals surface area (Å²) in [5.41, 5.74) is -12.5. The minimum Gasteiger partial charge on any atom is -0.287 e. The molecule has 0 radical (unpaired) electrons. The van der Waals surface area contributed by atoms with Crippen LogP contribution in [0.3, 0.4) is 0 Å². The van der Waals surface area contributed by atoms with Crippen molar-refractivity contribution in [2.75, 3.05) is 0 Å². The van der Waals surface area contributed by atoms with Crippen LogP contribution in [0.15, 0.2) is 79.0 Å². The third-order valence-electron chi connectivity index (χ3n) is 10.2. The first-order valence-electron chi connectivity index (χ1n) is 18.0. The molecule has 0 bridgehead atoms. The first-order chi connectivity index (χ1) is 31.5. The van der Waals surface area contributed by atoms with E-state index < -0.39 is 144 Å². The lowest BCUT2D eigenvalue weighted by Gasteiger charge is -2.44. The lowest BCUT2D eigenvalue weighted by Crippen LogP contribution is -2.81. The van der Waals surface area contributed by atoms with E-state index in [0.717, 1.165) is 0 Å². The molecule has 0 amide bonds. The van der Waals surface area contributed by atoms with Crippen LogP contribution in [-0.4, -0.2) is 11.9 Å². The summed E-state index contributed by atoms with van der Waals surface area (Å²) in [6.45, 7) is 0.175. The Bertz CT molecular complexity index is 2770. The number of aromatic nitrogens is 1. The highest BCUT2D eigenvalue weighted by molar-refractivity contribution is 7.20. The van der Waals surface area contributed by atoms with E-state index in [2.05, 4.69) is 0 Å². The number of benzene rings is 6. The van der Waals surface area contributed by atoms with Crippen LogP contribution in [0.25, 0.3) is 11.3 Å². The van der Waals surface area contributed by atoms with Crippen LogP contribution in [-0.2, 0) is 6.54 Å². The van der Waals surface area contributed by atoms with E-state index in [1.165, 1.54) is 6.07 Å². The van der Waals surface area contributed by atoms with Crippen LogP contribution in [0.5, 0.6) is 0 Å². The van der Waals surface area contributed by atoms with Gasteiger partial charge in [-0.3, -0.25) is 4.79 Å². The summed E-state index contributed by atoms with van der Waals surface area (Å²) in [6.07, 6.45) is -5.42. The molecule has 0 aliphatic rings. The number of ketones is 1. The Hall–Kier alpha value is -7.27. The molecule has 6 aromatic carbocycles. The number of pyridine rings is 1. The van der Waals surface area contributed by atoms with Gasteiger partial charge in [0.1, 0.15) is 58.5 Å². The maximum atomic E-state index is 15.4. The zero-order valence-corrected chi connectivity index (χ0v) is 32.1. The highest BCUT2D eigenvalue weighted by Gasteiger charge is 2.52. The number of halogens is 21. The Morgan fingerprint density at radius 3 is 0.955 bits per heavy atom. The van der Waals surface area contributed by atoms with Gasteiger partial charge in [-0.05, 0) is 18.2 Å². The number of rotatable bonds is 8. The zero-order chi connectivity index (χ0) is 49.7. The van der Waals surface area contributed by atoms with E-state index in [0.29, 0.717) is 16.8 Å². The first kappa shape index (κ1) is 49.2. The molecule has 67 heavy (non-hydrogen) atoms. The van der Waals surface area contributed by atoms with Gasteiger partial charge in [0.15, 0.2) is 76.0 Å². The van der Waals surface area contributed by atoms with E-state index >= 15 is 35.1 Å². The SMILES string of the molecule is Fc1c(F)c(F)c([B-](c2c(F)c(F)c(F)c(F)c2F)(c2c(F)c(F)c(F)c(F)c2F)c2c(F)c(F)c(F)c(F)c2F)c(F)c1F.O=C(C[n+]1ccccc1-c1ccccc1F)c1ccccc1. The number of hydrogen-bond acceptors (Lipinski definition) is 1. The van der Waals surface area contributed by atoms with Crippen molar-refractivity contribution in [3.8, 4) is 11.3 Å². The van der Waals surface area contributed by atoms with Crippen LogP contribution in [0.2, 0.25) is 0 Å². The summed E-state index contributed by atoms with van der Waals surface area (Å²) in [7, 11) is 0. The van der Waals surface area contributed by atoms with Crippen LogP contribution in [0.1, 0.15) is 10.4 Å². The van der Waals surface area contributed by atoms with Crippen molar-refractivity contribution in [2.45, 2.75) is 6.54 Å². The molecule has 0 fully saturated rings. The summed E-state index contributed by atoms with van der Waals surface area (Å²) in [5, 5.41) is 0. The standard InChI is InChI=1S/C24BF20.C19H15FNO/c26-5-1(6(27)14(35)21(42)13(5)34)25(2-7(28)15(36)22(43)16(37)8(2)29,3-9(30)17(38)23(44)18(39)10(3)31)4-11(32)19(40)24(45)20(41)12(4)33;20-17-11-5-4-10-16(17)18-12-6-7-13-21(18)14-19(22)15-8-2-1-3-9-15/h;1-13H,14H2/q-1;+1. The van der Waals surface area contributed by atoms with Crippen molar-refractivity contribution < 1.29 is 102 Å². The zero-order valence-electron chi connectivity index (χ0n) is 32.1. The van der Waals surface area contributed by atoms with E-state index in [-0.39, 0.29) is 18.1 Å². The van der Waals surface area contributed by atoms with Crippen LogP contribution >= 0.6 is 0 Å². The predicted molar refractivity (Wildman–Crippen MR) is 192 cm³/mol. The highest BCUT2D eigenvalue weighted by Crippen LogP contribution is 2.31. The van der Waals surface area contributed by atoms with Crippen molar-refractivity contribution in [1.82, 2.24) is 0 Å². The molecule has 0 aliphatic heterocycles. The molecule has 0 aliphatic carbocycles. The van der Waals surface area contributed by atoms with Gasteiger partial charge in [0.2, 0.25) is 18.0 Å². The van der Waals surface area contributed by atoms with Crippen molar-refractivity contribution in [3.05, 3.63) is 207 Å². The molecule has 2 nitrogen and oxygen atoms in total. The van der Waals surface area contributed by atoms with Gasteiger partial charge in [0.25, 0.3) is 0 Å². The molecule has 0 unspecified atom stereocenters. The molecular weight excluding hydrogens is 956 g/mol. The monoisotopic (exact) mass is 971 g/mol. The topological polar surface area (TPSA) is 20.9 Å². The number of nitrogens with zero attached hydrogens (tertiary/aromatic N) is 1. The highest BCUT2D eigenvalue weighted by atomic mass is 19.2. The largest absolute Gasteiger partial charge is 0.287 e. The van der Waals surface area contributed by atoms with Crippen LogP contribution in [0.4, 0.5) is 92.2 Å². The molecule has 1 aromatic heterocycles. The summed E-state index contributed by atoms with van der Waals surface area (Å²) >= 11 is 0. The number of carbonyl (C=O) groups excluding carboxylic acids is 1. The van der Waals surface area contributed by atoms with E-state index in [4.69, 9.17) is 0 Å². The quantitative estimate of drug-likeness (QED) is 0.0372. The van der Waals surface area contributed by atoms with E-state index in [9.17, 15) is 61.9 Å². The van der Waals surface area contributed by atoms with Gasteiger partial charge in [-0.25, -0.2) is 92.2 Å². The molecule has 348 valence electrons. The molecule has 0 N–H and O–H groups in total. The van der Waals surface area contributed by atoms with E-state index in [1.54, 1.807) is 41.1 Å². The second kappa shape index (κ2) is 18.5. The fourth-order valence-electron chi connectivity index (χ4n) is 7.27. The average molecular weight is 971 g/mol. The van der Waals surface area contributed by atoms with Crippen LogP contribution < -0.4 is 26.4 Å². The number of Topliss-reactive ketones (excluding diaryl/α,β-unsaturated/α-hetero) is 1. The Morgan fingerprint density at radius 2 is 0.627 bits per heavy atom. The average Bonchev–Trinajstić information content (AvgIpc) is 3.32. The van der Waals surface area contributed by atoms with Gasteiger partial charge in [-0.2, -0.15) is 4.57 Å². The van der Waals surface area contributed by atoms with Crippen molar-refractivity contribution in [3.63, 3.8) is 0 Å². The lowest BCUT2D eigenvalue weighted by molar-refractivity contribution is -0.672. The second-order valence-corrected chi connectivity index (χ2v) is 13.8. The van der Waals surface area contributed by atoms with Gasteiger partial charge in [-0.1, -0.05) is 42.5 Å². The van der Waals surface area contributed by atoms with Gasteiger partial charge in [0.05, 0.1) is 5.56 Å². The van der Waals surface area contributed by atoms with Crippen molar-refractivity contribution in [2.24, 2.45) is 0 Å².